The lowest BCUT2D eigenvalue weighted by atomic mass is 10.2. The Hall–Kier alpha value is -1.47. The summed E-state index contributed by atoms with van der Waals surface area (Å²) in [5, 5.41) is 7.08. The first-order chi connectivity index (χ1) is 9.25. The molecule has 0 saturated carbocycles. The highest BCUT2D eigenvalue weighted by Crippen LogP contribution is 2.21. The number of morpholine rings is 1. The first-order valence-corrected chi connectivity index (χ1v) is 6.71. The monoisotopic (exact) mass is 266 g/mol. The van der Waals surface area contributed by atoms with Gasteiger partial charge in [0.05, 0.1) is 25.3 Å². The highest BCUT2D eigenvalue weighted by atomic mass is 16.5. The molecule has 0 radical (unpaired) electrons. The van der Waals surface area contributed by atoms with E-state index in [1.165, 1.54) is 0 Å². The Labute approximate surface area is 111 Å². The first kappa shape index (κ1) is 12.6. The maximum Gasteiger partial charge on any atom is 0.295 e. The Morgan fingerprint density at radius 3 is 3.16 bits per heavy atom. The second-order valence-electron chi connectivity index (χ2n) is 5.03. The average molecular weight is 266 g/mol. The van der Waals surface area contributed by atoms with E-state index in [1.54, 1.807) is 4.90 Å². The van der Waals surface area contributed by atoms with Crippen LogP contribution in [0.25, 0.3) is 0 Å². The van der Waals surface area contributed by atoms with Gasteiger partial charge in [0, 0.05) is 6.54 Å². The molecule has 1 amide bonds. The van der Waals surface area contributed by atoms with Crippen LogP contribution in [0.2, 0.25) is 0 Å². The van der Waals surface area contributed by atoms with E-state index < -0.39 is 0 Å². The third kappa shape index (κ3) is 2.48. The summed E-state index contributed by atoms with van der Waals surface area (Å²) in [6.45, 7) is 4.60. The van der Waals surface area contributed by atoms with Gasteiger partial charge < -0.3 is 19.5 Å². The van der Waals surface area contributed by atoms with E-state index in [4.69, 9.17) is 9.26 Å². The Morgan fingerprint density at radius 2 is 2.42 bits per heavy atom. The predicted molar refractivity (Wildman–Crippen MR) is 65.6 cm³/mol. The fourth-order valence-electron chi connectivity index (χ4n) is 2.52. The number of amides is 1. The van der Waals surface area contributed by atoms with Gasteiger partial charge in [-0.2, -0.15) is 4.98 Å². The van der Waals surface area contributed by atoms with Gasteiger partial charge in [-0.3, -0.25) is 4.79 Å². The molecule has 7 nitrogen and oxygen atoms in total. The summed E-state index contributed by atoms with van der Waals surface area (Å²) in [5.74, 6) is 0.489. The normalized spacial score (nSPS) is 27.7. The van der Waals surface area contributed by atoms with Gasteiger partial charge in [0.15, 0.2) is 0 Å². The van der Waals surface area contributed by atoms with E-state index in [-0.39, 0.29) is 23.8 Å². The molecule has 2 aliphatic rings. The molecular formula is C12H18N4O3. The van der Waals surface area contributed by atoms with Crippen molar-refractivity contribution >= 4 is 5.91 Å². The van der Waals surface area contributed by atoms with Crippen molar-refractivity contribution in [1.29, 1.82) is 0 Å². The fraction of sp³-hybridized carbons (Fsp3) is 0.750. The van der Waals surface area contributed by atoms with Crippen molar-refractivity contribution in [3.05, 3.63) is 11.7 Å². The standard InChI is InChI=1S/C12H18N4O3/c1-8-7-18-6-5-16(8)12(17)10-14-11(19-15-10)9-3-2-4-13-9/h8-9,13H,2-7H2,1H3/t8-,9?/m1/s1. The fourth-order valence-corrected chi connectivity index (χ4v) is 2.52. The molecule has 0 bridgehead atoms. The van der Waals surface area contributed by atoms with E-state index in [2.05, 4.69) is 15.5 Å². The van der Waals surface area contributed by atoms with Gasteiger partial charge in [-0.1, -0.05) is 5.16 Å². The van der Waals surface area contributed by atoms with Crippen LogP contribution in [0.5, 0.6) is 0 Å². The number of carbonyl (C=O) groups excluding carboxylic acids is 1. The molecule has 2 fully saturated rings. The van der Waals surface area contributed by atoms with Crippen LogP contribution in [0.3, 0.4) is 0 Å². The summed E-state index contributed by atoms with van der Waals surface area (Å²) in [5.41, 5.74) is 0. The van der Waals surface area contributed by atoms with E-state index >= 15 is 0 Å². The zero-order valence-corrected chi connectivity index (χ0v) is 11.0. The Morgan fingerprint density at radius 1 is 1.53 bits per heavy atom. The summed E-state index contributed by atoms with van der Waals surface area (Å²) in [7, 11) is 0. The second-order valence-corrected chi connectivity index (χ2v) is 5.03. The van der Waals surface area contributed by atoms with Crippen LogP contribution in [0.15, 0.2) is 4.52 Å². The molecule has 2 aliphatic heterocycles. The number of hydrogen-bond acceptors (Lipinski definition) is 6. The van der Waals surface area contributed by atoms with Gasteiger partial charge >= 0.3 is 0 Å². The summed E-state index contributed by atoms with van der Waals surface area (Å²) in [6.07, 6.45) is 2.07. The highest BCUT2D eigenvalue weighted by molar-refractivity contribution is 5.90. The molecule has 3 heterocycles. The SMILES string of the molecule is C[C@@H]1COCCN1C(=O)c1noc(C2CCCN2)n1. The summed E-state index contributed by atoms with van der Waals surface area (Å²) in [4.78, 5) is 18.3. The van der Waals surface area contributed by atoms with Crippen LogP contribution < -0.4 is 5.32 Å². The zero-order chi connectivity index (χ0) is 13.2. The van der Waals surface area contributed by atoms with Crippen LogP contribution in [0.1, 0.15) is 42.3 Å². The van der Waals surface area contributed by atoms with Gasteiger partial charge in [0.2, 0.25) is 5.89 Å². The largest absolute Gasteiger partial charge is 0.377 e. The third-order valence-electron chi connectivity index (χ3n) is 3.62. The average Bonchev–Trinajstić information content (AvgIpc) is 3.09. The number of rotatable bonds is 2. The van der Waals surface area contributed by atoms with Crippen molar-refractivity contribution < 1.29 is 14.1 Å². The summed E-state index contributed by atoms with van der Waals surface area (Å²) < 4.78 is 10.5. The molecule has 19 heavy (non-hydrogen) atoms. The number of nitrogens with zero attached hydrogens (tertiary/aromatic N) is 3. The van der Waals surface area contributed by atoms with E-state index in [0.29, 0.717) is 25.6 Å². The smallest absolute Gasteiger partial charge is 0.295 e. The topological polar surface area (TPSA) is 80.5 Å². The highest BCUT2D eigenvalue weighted by Gasteiger charge is 2.30. The van der Waals surface area contributed by atoms with Crippen molar-refractivity contribution in [2.24, 2.45) is 0 Å². The minimum atomic E-state index is -0.177. The van der Waals surface area contributed by atoms with Crippen LogP contribution in [0.4, 0.5) is 0 Å². The van der Waals surface area contributed by atoms with Gasteiger partial charge in [-0.25, -0.2) is 0 Å². The lowest BCUT2D eigenvalue weighted by Gasteiger charge is -2.32. The van der Waals surface area contributed by atoms with Crippen LogP contribution in [-0.4, -0.2) is 53.3 Å². The molecule has 1 aromatic heterocycles. The number of carbonyl (C=O) groups is 1. The molecule has 104 valence electrons. The molecule has 0 aliphatic carbocycles. The van der Waals surface area contributed by atoms with Crippen LogP contribution in [0, 0.1) is 0 Å². The van der Waals surface area contributed by atoms with Gasteiger partial charge in [0.1, 0.15) is 0 Å². The molecule has 1 aromatic rings. The maximum absolute atomic E-state index is 12.3. The van der Waals surface area contributed by atoms with Crippen molar-refractivity contribution in [1.82, 2.24) is 20.4 Å². The molecule has 3 rings (SSSR count). The summed E-state index contributed by atoms with van der Waals surface area (Å²) >= 11 is 0. The molecule has 2 saturated heterocycles. The van der Waals surface area contributed by atoms with Gasteiger partial charge in [-0.15, -0.1) is 0 Å². The van der Waals surface area contributed by atoms with Crippen molar-refractivity contribution in [3.8, 4) is 0 Å². The number of hydrogen-bond donors (Lipinski definition) is 1. The van der Waals surface area contributed by atoms with Gasteiger partial charge in [-0.05, 0) is 26.3 Å². The van der Waals surface area contributed by atoms with E-state index in [1.807, 2.05) is 6.92 Å². The lowest BCUT2D eigenvalue weighted by molar-refractivity contribution is 0.00277. The molecular weight excluding hydrogens is 248 g/mol. The van der Waals surface area contributed by atoms with Gasteiger partial charge in [0.25, 0.3) is 11.7 Å². The van der Waals surface area contributed by atoms with Crippen molar-refractivity contribution in [2.45, 2.75) is 31.8 Å². The van der Waals surface area contributed by atoms with E-state index in [9.17, 15) is 4.79 Å². The molecule has 2 atom stereocenters. The minimum Gasteiger partial charge on any atom is -0.377 e. The molecule has 1 N–H and O–H groups in total. The zero-order valence-electron chi connectivity index (χ0n) is 11.0. The quantitative estimate of drug-likeness (QED) is 0.832. The summed E-state index contributed by atoms with van der Waals surface area (Å²) in [6, 6.07) is 0.143. The van der Waals surface area contributed by atoms with Crippen LogP contribution in [-0.2, 0) is 4.74 Å². The number of aromatic nitrogens is 2. The number of nitrogens with one attached hydrogen (secondary N) is 1. The van der Waals surface area contributed by atoms with Crippen molar-refractivity contribution in [3.63, 3.8) is 0 Å². The minimum absolute atomic E-state index is 0.0489. The van der Waals surface area contributed by atoms with E-state index in [0.717, 1.165) is 19.4 Å². The predicted octanol–water partition coefficient (Wildman–Crippen LogP) is 0.355. The maximum atomic E-state index is 12.3. The first-order valence-electron chi connectivity index (χ1n) is 6.71. The Bertz CT molecular complexity index is 456. The molecule has 7 heteroatoms. The molecule has 1 unspecified atom stereocenters. The third-order valence-corrected chi connectivity index (χ3v) is 3.62. The molecule has 0 aromatic carbocycles. The lowest BCUT2D eigenvalue weighted by Crippen LogP contribution is -2.47. The van der Waals surface area contributed by atoms with Crippen molar-refractivity contribution in [2.75, 3.05) is 26.3 Å². The second kappa shape index (κ2) is 5.26. The van der Waals surface area contributed by atoms with Crippen LogP contribution >= 0.6 is 0 Å². The Kier molecular flexibility index (Phi) is 3.48. The number of ether oxygens (including phenoxy) is 1. The molecule has 0 spiro atoms. The Balaban J connectivity index is 1.72.